The van der Waals surface area contributed by atoms with Gasteiger partial charge >= 0.3 is 5.97 Å². The fraction of sp³-hybridized carbons (Fsp3) is 0.200. The van der Waals surface area contributed by atoms with Gasteiger partial charge in [-0.15, -0.1) is 0 Å². The van der Waals surface area contributed by atoms with Gasteiger partial charge in [0.2, 0.25) is 6.79 Å². The van der Waals surface area contributed by atoms with Crippen molar-refractivity contribution in [3.63, 3.8) is 0 Å². The van der Waals surface area contributed by atoms with Gasteiger partial charge in [0.15, 0.2) is 11.5 Å². The predicted octanol–water partition coefficient (Wildman–Crippen LogP) is 3.35. The Hall–Kier alpha value is -3.19. The number of aromatic nitrogens is 2. The Morgan fingerprint density at radius 3 is 2.64 bits per heavy atom. The summed E-state index contributed by atoms with van der Waals surface area (Å²) in [6.45, 7) is 0.152. The summed E-state index contributed by atoms with van der Waals surface area (Å²) < 4.78 is 12.1. The Morgan fingerprint density at radius 2 is 1.89 bits per heavy atom. The van der Waals surface area contributed by atoms with E-state index < -0.39 is 5.97 Å². The zero-order chi connectivity index (χ0) is 19.7. The van der Waals surface area contributed by atoms with Gasteiger partial charge < -0.3 is 14.6 Å². The van der Waals surface area contributed by atoms with E-state index in [9.17, 15) is 14.7 Å². The number of ether oxygens (including phenoxy) is 2. The van der Waals surface area contributed by atoms with E-state index in [0.717, 1.165) is 5.56 Å². The predicted molar refractivity (Wildman–Crippen MR) is 103 cm³/mol. The van der Waals surface area contributed by atoms with Crippen LogP contribution in [0, 0.1) is 0 Å². The monoisotopic (exact) mass is 400 g/mol. The topological polar surface area (TPSA) is 93.6 Å². The van der Waals surface area contributed by atoms with E-state index in [4.69, 9.17) is 21.1 Å². The minimum Gasteiger partial charge on any atom is -0.481 e. The molecule has 0 fully saturated rings. The SMILES string of the molecule is O=C(O)CC(Cc1cc(=O)n(-c2ccc(Cl)cc2)[nH]1)c1ccc2c(c1)OCO2. The molecule has 1 aliphatic rings. The van der Waals surface area contributed by atoms with Gasteiger partial charge in [-0.05, 0) is 54.3 Å². The van der Waals surface area contributed by atoms with Crippen molar-refractivity contribution < 1.29 is 19.4 Å². The molecule has 7 nitrogen and oxygen atoms in total. The van der Waals surface area contributed by atoms with Crippen LogP contribution in [0.4, 0.5) is 0 Å². The average molecular weight is 401 g/mol. The molecule has 0 spiro atoms. The molecule has 0 aliphatic carbocycles. The van der Waals surface area contributed by atoms with Gasteiger partial charge in [0.05, 0.1) is 12.1 Å². The lowest BCUT2D eigenvalue weighted by Gasteiger charge is -2.15. The molecule has 8 heteroatoms. The number of rotatable bonds is 6. The quantitative estimate of drug-likeness (QED) is 0.661. The Kier molecular flexibility index (Phi) is 4.83. The molecule has 1 aromatic heterocycles. The maximum Gasteiger partial charge on any atom is 0.303 e. The molecule has 2 aromatic carbocycles. The Bertz CT molecular complexity index is 1070. The van der Waals surface area contributed by atoms with Gasteiger partial charge in [0, 0.05) is 16.8 Å². The number of benzene rings is 2. The van der Waals surface area contributed by atoms with E-state index in [1.165, 1.54) is 10.7 Å². The van der Waals surface area contributed by atoms with Crippen LogP contribution in [0.3, 0.4) is 0 Å². The number of aromatic amines is 1. The Labute approximate surface area is 165 Å². The third-order valence-electron chi connectivity index (χ3n) is 4.61. The molecule has 2 N–H and O–H groups in total. The lowest BCUT2D eigenvalue weighted by molar-refractivity contribution is -0.137. The lowest BCUT2D eigenvalue weighted by Crippen LogP contribution is -2.13. The highest BCUT2D eigenvalue weighted by Gasteiger charge is 2.22. The minimum absolute atomic E-state index is 0.0756. The van der Waals surface area contributed by atoms with Gasteiger partial charge in [-0.3, -0.25) is 14.7 Å². The van der Waals surface area contributed by atoms with Crippen molar-refractivity contribution in [1.29, 1.82) is 0 Å². The fourth-order valence-corrected chi connectivity index (χ4v) is 3.41. The maximum atomic E-state index is 12.4. The smallest absolute Gasteiger partial charge is 0.303 e. The molecule has 28 heavy (non-hydrogen) atoms. The van der Waals surface area contributed by atoms with Crippen molar-refractivity contribution in [2.45, 2.75) is 18.8 Å². The zero-order valence-electron chi connectivity index (χ0n) is 14.7. The summed E-state index contributed by atoms with van der Waals surface area (Å²) in [7, 11) is 0. The molecule has 144 valence electrons. The molecule has 0 bridgehead atoms. The first-order valence-corrected chi connectivity index (χ1v) is 9.05. The number of carbonyl (C=O) groups is 1. The number of carboxylic acids is 1. The number of fused-ring (bicyclic) bond motifs is 1. The maximum absolute atomic E-state index is 12.4. The summed E-state index contributed by atoms with van der Waals surface area (Å²) >= 11 is 5.90. The van der Waals surface area contributed by atoms with Gasteiger partial charge in [-0.2, -0.15) is 0 Å². The highest BCUT2D eigenvalue weighted by Crippen LogP contribution is 2.36. The van der Waals surface area contributed by atoms with Crippen LogP contribution in [-0.2, 0) is 11.2 Å². The van der Waals surface area contributed by atoms with Crippen LogP contribution < -0.4 is 15.0 Å². The van der Waals surface area contributed by atoms with Crippen LogP contribution >= 0.6 is 11.6 Å². The molecule has 1 unspecified atom stereocenters. The second-order valence-electron chi connectivity index (χ2n) is 6.54. The van der Waals surface area contributed by atoms with Gasteiger partial charge in [-0.1, -0.05) is 17.7 Å². The van der Waals surface area contributed by atoms with Crippen molar-refractivity contribution in [3.8, 4) is 17.2 Å². The van der Waals surface area contributed by atoms with E-state index in [2.05, 4.69) is 5.10 Å². The summed E-state index contributed by atoms with van der Waals surface area (Å²) in [6.07, 6.45) is 0.287. The van der Waals surface area contributed by atoms with Crippen LogP contribution in [0.2, 0.25) is 5.02 Å². The van der Waals surface area contributed by atoms with Crippen molar-refractivity contribution in [1.82, 2.24) is 9.78 Å². The van der Waals surface area contributed by atoms with Crippen molar-refractivity contribution >= 4 is 17.6 Å². The number of carboxylic acid groups (broad SMARTS) is 1. The zero-order valence-corrected chi connectivity index (χ0v) is 15.5. The molecule has 4 rings (SSSR count). The number of nitrogens with one attached hydrogen (secondary N) is 1. The summed E-state index contributed by atoms with van der Waals surface area (Å²) in [5.74, 6) is -0.00824. The molecule has 1 aliphatic heterocycles. The lowest BCUT2D eigenvalue weighted by atomic mass is 9.91. The normalized spacial score (nSPS) is 13.5. The number of aliphatic carboxylic acids is 1. The Balaban J connectivity index is 1.62. The third-order valence-corrected chi connectivity index (χ3v) is 4.87. The number of H-pyrrole nitrogens is 1. The summed E-state index contributed by atoms with van der Waals surface area (Å²) in [5, 5.41) is 13.0. The fourth-order valence-electron chi connectivity index (χ4n) is 3.28. The largest absolute Gasteiger partial charge is 0.481 e. The third kappa shape index (κ3) is 3.75. The van der Waals surface area contributed by atoms with Crippen molar-refractivity contribution in [2.24, 2.45) is 0 Å². The molecule has 0 amide bonds. The van der Waals surface area contributed by atoms with Crippen LogP contribution in [0.15, 0.2) is 53.3 Å². The molecular formula is C20H17ClN2O5. The molecule has 1 atom stereocenters. The average Bonchev–Trinajstić information content (AvgIpc) is 3.27. The number of hydrogen-bond donors (Lipinski definition) is 2. The van der Waals surface area contributed by atoms with E-state index in [0.29, 0.717) is 34.3 Å². The molecule has 3 aromatic rings. The van der Waals surface area contributed by atoms with E-state index in [-0.39, 0.29) is 24.7 Å². The second kappa shape index (κ2) is 7.44. The molecule has 0 radical (unpaired) electrons. The van der Waals surface area contributed by atoms with Gasteiger partial charge in [-0.25, -0.2) is 4.68 Å². The Morgan fingerprint density at radius 1 is 1.14 bits per heavy atom. The highest BCUT2D eigenvalue weighted by molar-refractivity contribution is 6.30. The summed E-state index contributed by atoms with van der Waals surface area (Å²) in [6, 6.07) is 13.7. The first-order valence-electron chi connectivity index (χ1n) is 8.68. The van der Waals surface area contributed by atoms with Crippen LogP contribution in [0.1, 0.15) is 23.6 Å². The van der Waals surface area contributed by atoms with Crippen molar-refractivity contribution in [2.75, 3.05) is 6.79 Å². The number of halogens is 1. The van der Waals surface area contributed by atoms with E-state index in [1.54, 1.807) is 36.4 Å². The van der Waals surface area contributed by atoms with Crippen LogP contribution in [-0.4, -0.2) is 27.6 Å². The van der Waals surface area contributed by atoms with E-state index >= 15 is 0 Å². The first kappa shape index (κ1) is 18.2. The van der Waals surface area contributed by atoms with Gasteiger partial charge in [0.25, 0.3) is 5.56 Å². The van der Waals surface area contributed by atoms with Crippen LogP contribution in [0.25, 0.3) is 5.69 Å². The van der Waals surface area contributed by atoms with E-state index in [1.807, 2.05) is 6.07 Å². The van der Waals surface area contributed by atoms with Gasteiger partial charge in [0.1, 0.15) is 0 Å². The summed E-state index contributed by atoms with van der Waals surface area (Å²) in [4.78, 5) is 23.8. The molecule has 2 heterocycles. The molecular weight excluding hydrogens is 384 g/mol. The molecule has 0 saturated carbocycles. The number of hydrogen-bond acceptors (Lipinski definition) is 4. The molecule has 0 saturated heterocycles. The second-order valence-corrected chi connectivity index (χ2v) is 6.98. The van der Waals surface area contributed by atoms with Crippen molar-refractivity contribution in [3.05, 3.63) is 75.2 Å². The standard InChI is InChI=1S/C20H17ClN2O5/c21-14-2-4-16(5-3-14)23-19(24)10-15(22-23)7-13(9-20(25)26)12-1-6-17-18(8-12)28-11-27-17/h1-6,8,10,13,22H,7,9,11H2,(H,25,26). The summed E-state index contributed by atoms with van der Waals surface area (Å²) in [5.41, 5.74) is 1.88. The first-order chi connectivity index (χ1) is 13.5. The number of nitrogens with zero attached hydrogens (tertiary/aromatic N) is 1. The minimum atomic E-state index is -0.915. The van der Waals surface area contributed by atoms with Crippen LogP contribution in [0.5, 0.6) is 11.5 Å². The highest BCUT2D eigenvalue weighted by atomic mass is 35.5.